The summed E-state index contributed by atoms with van der Waals surface area (Å²) < 4.78 is 11.6. The van der Waals surface area contributed by atoms with Gasteiger partial charge in [-0.2, -0.15) is 0 Å². The summed E-state index contributed by atoms with van der Waals surface area (Å²) in [4.78, 5) is 25.2. The van der Waals surface area contributed by atoms with Crippen molar-refractivity contribution in [1.29, 1.82) is 0 Å². The molecule has 0 aromatic carbocycles. The minimum absolute atomic E-state index is 0.0182. The Balaban J connectivity index is 1.29. The highest BCUT2D eigenvalue weighted by Gasteiger charge is 2.49. The lowest BCUT2D eigenvalue weighted by Crippen LogP contribution is -2.40. The lowest BCUT2D eigenvalue weighted by Gasteiger charge is -2.42. The highest BCUT2D eigenvalue weighted by atomic mass is 16.6. The zero-order chi connectivity index (χ0) is 19.2. The molecule has 4 nitrogen and oxygen atoms in total. The molecule has 0 aliphatic heterocycles. The molecule has 3 fully saturated rings. The van der Waals surface area contributed by atoms with Gasteiger partial charge < -0.3 is 9.47 Å². The van der Waals surface area contributed by atoms with Crippen LogP contribution in [0, 0.1) is 29.1 Å². The van der Waals surface area contributed by atoms with Crippen LogP contribution < -0.4 is 0 Å². The Kier molecular flexibility index (Phi) is 4.88. The van der Waals surface area contributed by atoms with Gasteiger partial charge in [-0.05, 0) is 96.3 Å². The van der Waals surface area contributed by atoms with E-state index in [0.29, 0.717) is 17.8 Å². The third kappa shape index (κ3) is 3.95. The van der Waals surface area contributed by atoms with Crippen molar-refractivity contribution in [1.82, 2.24) is 0 Å². The third-order valence-electron chi connectivity index (χ3n) is 7.26. The quantitative estimate of drug-likeness (QED) is 0.525. The molecule has 6 unspecified atom stereocenters. The number of carbonyl (C=O) groups is 2. The molecule has 27 heavy (non-hydrogen) atoms. The van der Waals surface area contributed by atoms with Gasteiger partial charge in [0.2, 0.25) is 0 Å². The Morgan fingerprint density at radius 2 is 1.74 bits per heavy atom. The molecule has 0 N–H and O–H groups in total. The molecule has 4 aliphatic rings. The van der Waals surface area contributed by atoms with Crippen LogP contribution in [0.25, 0.3) is 0 Å². The predicted molar refractivity (Wildman–Crippen MR) is 103 cm³/mol. The van der Waals surface area contributed by atoms with E-state index in [9.17, 15) is 9.59 Å². The normalized spacial score (nSPS) is 40.5. The van der Waals surface area contributed by atoms with E-state index >= 15 is 0 Å². The highest BCUT2D eigenvalue weighted by molar-refractivity contribution is 5.80. The summed E-state index contributed by atoms with van der Waals surface area (Å²) in [7, 11) is 0. The Bertz CT molecular complexity index is 631. The summed E-state index contributed by atoms with van der Waals surface area (Å²) in [5.41, 5.74) is -0.719. The molecule has 0 spiro atoms. The molecule has 2 bridgehead atoms. The minimum atomic E-state index is -0.410. The summed E-state index contributed by atoms with van der Waals surface area (Å²) in [6, 6.07) is 0. The van der Waals surface area contributed by atoms with Gasteiger partial charge in [-0.25, -0.2) is 0 Å². The van der Waals surface area contributed by atoms with Gasteiger partial charge in [0.05, 0.1) is 11.3 Å². The van der Waals surface area contributed by atoms with Crippen molar-refractivity contribution in [3.05, 3.63) is 12.2 Å². The lowest BCUT2D eigenvalue weighted by atomic mass is 9.67. The maximum absolute atomic E-state index is 12.8. The molecule has 0 aromatic rings. The first-order valence-electron chi connectivity index (χ1n) is 10.9. The lowest BCUT2D eigenvalue weighted by molar-refractivity contribution is -0.164. The van der Waals surface area contributed by atoms with Gasteiger partial charge >= 0.3 is 11.9 Å². The second kappa shape index (κ2) is 6.93. The summed E-state index contributed by atoms with van der Waals surface area (Å²) in [6.45, 7) is 5.80. The number of rotatable bonds is 3. The first-order chi connectivity index (χ1) is 12.7. The molecule has 3 saturated carbocycles. The van der Waals surface area contributed by atoms with E-state index < -0.39 is 5.60 Å². The maximum atomic E-state index is 12.8. The Labute approximate surface area is 163 Å². The summed E-state index contributed by atoms with van der Waals surface area (Å²) in [6.07, 6.45) is 13.3. The van der Waals surface area contributed by atoms with Crippen molar-refractivity contribution >= 4 is 11.9 Å². The van der Waals surface area contributed by atoms with Crippen LogP contribution in [0.1, 0.15) is 78.6 Å². The fraction of sp³-hybridized carbons (Fsp3) is 0.826. The number of allylic oxidation sites excluding steroid dienone is 1. The maximum Gasteiger partial charge on any atom is 0.316 e. The first-order valence-corrected chi connectivity index (χ1v) is 10.9. The third-order valence-corrected chi connectivity index (χ3v) is 7.26. The second-order valence-electron chi connectivity index (χ2n) is 10.4. The topological polar surface area (TPSA) is 52.6 Å². The van der Waals surface area contributed by atoms with Crippen LogP contribution in [-0.4, -0.2) is 23.6 Å². The van der Waals surface area contributed by atoms with Crippen molar-refractivity contribution in [2.45, 2.75) is 90.3 Å². The number of carbonyl (C=O) groups excluding carboxylic acids is 2. The highest BCUT2D eigenvalue weighted by Crippen LogP contribution is 2.51. The van der Waals surface area contributed by atoms with Crippen LogP contribution >= 0.6 is 0 Å². The molecule has 6 atom stereocenters. The Morgan fingerprint density at radius 1 is 1.00 bits per heavy atom. The molecular weight excluding hydrogens is 340 g/mol. The molecule has 150 valence electrons. The zero-order valence-corrected chi connectivity index (χ0v) is 17.0. The minimum Gasteiger partial charge on any atom is -0.462 e. The summed E-state index contributed by atoms with van der Waals surface area (Å²) in [5.74, 6) is 1.79. The molecule has 4 heteroatoms. The molecular formula is C23H34O4. The van der Waals surface area contributed by atoms with E-state index in [1.54, 1.807) is 0 Å². The van der Waals surface area contributed by atoms with Crippen molar-refractivity contribution < 1.29 is 19.1 Å². The first kappa shape index (κ1) is 19.0. The number of fused-ring (bicyclic) bond motifs is 3. The van der Waals surface area contributed by atoms with Crippen LogP contribution in [0.4, 0.5) is 0 Å². The molecule has 4 rings (SSSR count). The molecule has 4 aliphatic carbocycles. The van der Waals surface area contributed by atoms with Gasteiger partial charge in [0.25, 0.3) is 0 Å². The van der Waals surface area contributed by atoms with Gasteiger partial charge in [-0.1, -0.05) is 12.2 Å². The van der Waals surface area contributed by atoms with E-state index in [1.165, 1.54) is 0 Å². The van der Waals surface area contributed by atoms with Crippen LogP contribution in [0.15, 0.2) is 12.2 Å². The van der Waals surface area contributed by atoms with Crippen molar-refractivity contribution in [2.75, 3.05) is 0 Å². The monoisotopic (exact) mass is 374 g/mol. The van der Waals surface area contributed by atoms with E-state index in [1.807, 2.05) is 20.8 Å². The van der Waals surface area contributed by atoms with Crippen LogP contribution in [-0.2, 0) is 19.1 Å². The molecule has 0 aromatic heterocycles. The van der Waals surface area contributed by atoms with Crippen LogP contribution in [0.2, 0.25) is 0 Å². The number of hydrogen-bond donors (Lipinski definition) is 0. The SMILES string of the molecule is CC(C)(C)OC(=O)C1CCC2CC(OC(=O)C34C=CC(CC3)C4)CCC2C1. The Morgan fingerprint density at radius 3 is 2.37 bits per heavy atom. The van der Waals surface area contributed by atoms with Gasteiger partial charge in [0, 0.05) is 0 Å². The number of esters is 2. The van der Waals surface area contributed by atoms with E-state index in [4.69, 9.17) is 9.47 Å². The summed E-state index contributed by atoms with van der Waals surface area (Å²) in [5, 5.41) is 0. The largest absolute Gasteiger partial charge is 0.462 e. The Hall–Kier alpha value is -1.32. The zero-order valence-electron chi connectivity index (χ0n) is 17.0. The average molecular weight is 375 g/mol. The van der Waals surface area contributed by atoms with Crippen molar-refractivity contribution in [3.8, 4) is 0 Å². The van der Waals surface area contributed by atoms with Gasteiger partial charge in [0.15, 0.2) is 0 Å². The molecule has 0 amide bonds. The second-order valence-corrected chi connectivity index (χ2v) is 10.4. The smallest absolute Gasteiger partial charge is 0.316 e. The van der Waals surface area contributed by atoms with Gasteiger partial charge in [-0.15, -0.1) is 0 Å². The number of ether oxygens (including phenoxy) is 2. The molecule has 0 saturated heterocycles. The van der Waals surface area contributed by atoms with Gasteiger partial charge in [-0.3, -0.25) is 9.59 Å². The average Bonchev–Trinajstić information content (AvgIpc) is 3.22. The van der Waals surface area contributed by atoms with Gasteiger partial charge in [0.1, 0.15) is 11.7 Å². The predicted octanol–water partition coefficient (Wildman–Crippen LogP) is 4.81. The van der Waals surface area contributed by atoms with E-state index in [-0.39, 0.29) is 29.4 Å². The fourth-order valence-electron chi connectivity index (χ4n) is 5.83. The molecule has 0 radical (unpaired) electrons. The van der Waals surface area contributed by atoms with Crippen LogP contribution in [0.3, 0.4) is 0 Å². The summed E-state index contributed by atoms with van der Waals surface area (Å²) >= 11 is 0. The van der Waals surface area contributed by atoms with Crippen LogP contribution in [0.5, 0.6) is 0 Å². The van der Waals surface area contributed by atoms with E-state index in [0.717, 1.165) is 57.8 Å². The number of hydrogen-bond acceptors (Lipinski definition) is 4. The standard InChI is InChI=1S/C23H34O4/c1-22(2,3)27-20(24)18-5-4-17-13-19(7-6-16(17)12-18)26-21(25)23-10-8-15(14-23)9-11-23/h8,10,15-19H,4-7,9,11-14H2,1-3H3. The fourth-order valence-corrected chi connectivity index (χ4v) is 5.83. The van der Waals surface area contributed by atoms with Crippen molar-refractivity contribution in [3.63, 3.8) is 0 Å². The van der Waals surface area contributed by atoms with Crippen molar-refractivity contribution in [2.24, 2.45) is 29.1 Å². The molecule has 0 heterocycles. The van der Waals surface area contributed by atoms with E-state index in [2.05, 4.69) is 12.2 Å².